The first-order chi connectivity index (χ1) is 31.5. The lowest BCUT2D eigenvalue weighted by atomic mass is 10.0. The van der Waals surface area contributed by atoms with Gasteiger partial charge in [0, 0.05) is 6.42 Å². The molecule has 378 valence electrons. The van der Waals surface area contributed by atoms with E-state index in [0.29, 0.717) is 19.3 Å². The SMILES string of the molecule is CCCCCCCCC/C=C/C=C/CCCCCC(CC(=O)NC(CO)C(O)CCCCCCCCCCCCC)OC(=O)CCCCCCCCCCCCCCCCCCCC. The van der Waals surface area contributed by atoms with Crippen molar-refractivity contribution in [3.8, 4) is 0 Å². The van der Waals surface area contributed by atoms with Crippen molar-refractivity contribution in [1.82, 2.24) is 5.32 Å². The normalized spacial score (nSPS) is 13.3. The van der Waals surface area contributed by atoms with Crippen molar-refractivity contribution in [3.63, 3.8) is 0 Å². The summed E-state index contributed by atoms with van der Waals surface area (Å²) in [6, 6.07) is -0.705. The number of hydrogen-bond donors (Lipinski definition) is 3. The van der Waals surface area contributed by atoms with Gasteiger partial charge in [0.2, 0.25) is 5.91 Å². The highest BCUT2D eigenvalue weighted by molar-refractivity contribution is 5.77. The summed E-state index contributed by atoms with van der Waals surface area (Å²) in [5, 5.41) is 23.8. The molecule has 0 radical (unpaired) electrons. The first kappa shape index (κ1) is 62.3. The third-order valence-corrected chi connectivity index (χ3v) is 13.3. The van der Waals surface area contributed by atoms with Crippen molar-refractivity contribution in [2.75, 3.05) is 6.61 Å². The van der Waals surface area contributed by atoms with Crippen LogP contribution in [0, 0.1) is 0 Å². The molecule has 6 heteroatoms. The minimum absolute atomic E-state index is 0.0654. The molecule has 0 spiro atoms. The molecule has 0 aromatic carbocycles. The van der Waals surface area contributed by atoms with E-state index in [4.69, 9.17) is 4.74 Å². The van der Waals surface area contributed by atoms with E-state index >= 15 is 0 Å². The van der Waals surface area contributed by atoms with Crippen molar-refractivity contribution >= 4 is 11.9 Å². The van der Waals surface area contributed by atoms with Gasteiger partial charge in [-0.05, 0) is 51.4 Å². The second-order valence-electron chi connectivity index (χ2n) is 19.7. The average Bonchev–Trinajstić information content (AvgIpc) is 3.29. The Morgan fingerprint density at radius 1 is 0.453 bits per heavy atom. The average molecular weight is 903 g/mol. The quantitative estimate of drug-likeness (QED) is 0.0321. The maximum absolute atomic E-state index is 13.2. The smallest absolute Gasteiger partial charge is 0.306 e. The Morgan fingerprint density at radius 3 is 1.17 bits per heavy atom. The summed E-state index contributed by atoms with van der Waals surface area (Å²) in [6.07, 6.45) is 61.0. The van der Waals surface area contributed by atoms with Gasteiger partial charge in [-0.15, -0.1) is 0 Å². The fourth-order valence-electron chi connectivity index (χ4n) is 8.95. The number of carbonyl (C=O) groups is 2. The zero-order chi connectivity index (χ0) is 46.7. The molecule has 0 aliphatic rings. The maximum atomic E-state index is 13.2. The molecular formula is C58H111NO5. The van der Waals surface area contributed by atoms with Gasteiger partial charge < -0.3 is 20.3 Å². The maximum Gasteiger partial charge on any atom is 0.306 e. The molecule has 0 aromatic rings. The van der Waals surface area contributed by atoms with Crippen LogP contribution in [0.4, 0.5) is 0 Å². The van der Waals surface area contributed by atoms with Crippen LogP contribution in [-0.2, 0) is 14.3 Å². The van der Waals surface area contributed by atoms with Gasteiger partial charge in [0.1, 0.15) is 6.10 Å². The first-order valence-corrected chi connectivity index (χ1v) is 28.6. The number of unbranched alkanes of at least 4 members (excludes halogenated alkanes) is 37. The van der Waals surface area contributed by atoms with E-state index in [1.165, 1.54) is 193 Å². The lowest BCUT2D eigenvalue weighted by Gasteiger charge is -2.24. The van der Waals surface area contributed by atoms with Crippen molar-refractivity contribution < 1.29 is 24.5 Å². The van der Waals surface area contributed by atoms with Crippen LogP contribution in [0.5, 0.6) is 0 Å². The Morgan fingerprint density at radius 2 is 0.781 bits per heavy atom. The molecule has 0 aromatic heterocycles. The van der Waals surface area contributed by atoms with Crippen molar-refractivity contribution in [2.24, 2.45) is 0 Å². The van der Waals surface area contributed by atoms with Crippen LogP contribution < -0.4 is 5.32 Å². The van der Waals surface area contributed by atoms with Gasteiger partial charge in [-0.25, -0.2) is 0 Å². The van der Waals surface area contributed by atoms with E-state index in [9.17, 15) is 19.8 Å². The van der Waals surface area contributed by atoms with Gasteiger partial charge in [0.15, 0.2) is 0 Å². The Bertz CT molecular complexity index is 1010. The summed E-state index contributed by atoms with van der Waals surface area (Å²) >= 11 is 0. The molecule has 0 aliphatic heterocycles. The first-order valence-electron chi connectivity index (χ1n) is 28.6. The van der Waals surface area contributed by atoms with Crippen LogP contribution in [0.15, 0.2) is 24.3 Å². The highest BCUT2D eigenvalue weighted by atomic mass is 16.5. The number of allylic oxidation sites excluding steroid dienone is 4. The molecule has 3 unspecified atom stereocenters. The molecule has 0 aliphatic carbocycles. The second kappa shape index (κ2) is 52.3. The number of aliphatic hydroxyl groups is 2. The summed E-state index contributed by atoms with van der Waals surface area (Å²) in [5.41, 5.74) is 0. The molecule has 0 fully saturated rings. The summed E-state index contributed by atoms with van der Waals surface area (Å²) in [6.45, 7) is 6.50. The number of rotatable bonds is 52. The fraction of sp³-hybridized carbons (Fsp3) is 0.897. The van der Waals surface area contributed by atoms with E-state index in [1.807, 2.05) is 0 Å². The summed E-state index contributed by atoms with van der Waals surface area (Å²) in [7, 11) is 0. The van der Waals surface area contributed by atoms with Crippen molar-refractivity contribution in [3.05, 3.63) is 24.3 Å². The number of carbonyl (C=O) groups excluding carboxylic acids is 2. The molecule has 64 heavy (non-hydrogen) atoms. The fourth-order valence-corrected chi connectivity index (χ4v) is 8.95. The molecule has 6 nitrogen and oxygen atoms in total. The molecule has 0 saturated carbocycles. The van der Waals surface area contributed by atoms with E-state index < -0.39 is 18.2 Å². The molecule has 0 rings (SSSR count). The molecule has 1 amide bonds. The Labute approximate surface area is 399 Å². The lowest BCUT2D eigenvalue weighted by Crippen LogP contribution is -2.46. The van der Waals surface area contributed by atoms with Gasteiger partial charge in [0.05, 0.1) is 25.2 Å². The van der Waals surface area contributed by atoms with Crippen LogP contribution in [0.3, 0.4) is 0 Å². The minimum Gasteiger partial charge on any atom is -0.462 e. The van der Waals surface area contributed by atoms with Crippen LogP contribution in [-0.4, -0.2) is 46.9 Å². The molecule has 0 heterocycles. The highest BCUT2D eigenvalue weighted by Crippen LogP contribution is 2.18. The van der Waals surface area contributed by atoms with Crippen LogP contribution in [0.2, 0.25) is 0 Å². The minimum atomic E-state index is -0.790. The third kappa shape index (κ3) is 46.9. The highest BCUT2D eigenvalue weighted by Gasteiger charge is 2.24. The van der Waals surface area contributed by atoms with E-state index in [-0.39, 0.29) is 24.9 Å². The Hall–Kier alpha value is -1.66. The number of nitrogens with one attached hydrogen (secondary N) is 1. The van der Waals surface area contributed by atoms with Gasteiger partial charge in [-0.3, -0.25) is 9.59 Å². The third-order valence-electron chi connectivity index (χ3n) is 13.3. The van der Waals surface area contributed by atoms with Gasteiger partial charge in [0.25, 0.3) is 0 Å². The molecule has 3 atom stereocenters. The summed E-state index contributed by atoms with van der Waals surface area (Å²) in [5.74, 6) is -0.482. The standard InChI is InChI=1S/C58H111NO5/c1-4-7-10-13-16-19-22-24-26-28-29-31-33-36-39-42-45-48-51-58(63)64-54(49-46-43-40-37-35-32-30-27-25-23-20-17-14-11-8-5-2)52-57(62)59-55(53-60)56(61)50-47-44-41-38-34-21-18-15-12-9-6-3/h27,30,32,35,54-56,60-61H,4-26,28-29,31,33-34,36-53H2,1-3H3,(H,59,62)/b30-27+,35-32+. The number of amides is 1. The largest absolute Gasteiger partial charge is 0.462 e. The summed E-state index contributed by atoms with van der Waals surface area (Å²) < 4.78 is 5.95. The van der Waals surface area contributed by atoms with Crippen LogP contribution in [0.25, 0.3) is 0 Å². The van der Waals surface area contributed by atoms with Gasteiger partial charge >= 0.3 is 5.97 Å². The predicted molar refractivity (Wildman–Crippen MR) is 278 cm³/mol. The molecule has 0 saturated heterocycles. The molecule has 0 bridgehead atoms. The molecular weight excluding hydrogens is 791 g/mol. The Balaban J connectivity index is 4.55. The number of ether oxygens (including phenoxy) is 1. The number of hydrogen-bond acceptors (Lipinski definition) is 5. The van der Waals surface area contributed by atoms with Crippen molar-refractivity contribution in [2.45, 2.75) is 328 Å². The van der Waals surface area contributed by atoms with Gasteiger partial charge in [-0.2, -0.15) is 0 Å². The topological polar surface area (TPSA) is 95.9 Å². The van der Waals surface area contributed by atoms with E-state index in [2.05, 4.69) is 50.4 Å². The number of aliphatic hydroxyl groups excluding tert-OH is 2. The van der Waals surface area contributed by atoms with Crippen molar-refractivity contribution in [1.29, 1.82) is 0 Å². The van der Waals surface area contributed by atoms with Gasteiger partial charge in [-0.1, -0.05) is 270 Å². The zero-order valence-corrected chi connectivity index (χ0v) is 43.2. The molecule has 3 N–H and O–H groups in total. The zero-order valence-electron chi connectivity index (χ0n) is 43.2. The van der Waals surface area contributed by atoms with E-state index in [1.54, 1.807) is 0 Å². The number of esters is 1. The van der Waals surface area contributed by atoms with E-state index in [0.717, 1.165) is 70.6 Å². The monoisotopic (exact) mass is 902 g/mol. The second-order valence-corrected chi connectivity index (χ2v) is 19.7. The van der Waals surface area contributed by atoms with Crippen LogP contribution in [0.1, 0.15) is 310 Å². The Kier molecular flexibility index (Phi) is 51.0. The lowest BCUT2D eigenvalue weighted by molar-refractivity contribution is -0.151. The predicted octanol–water partition coefficient (Wildman–Crippen LogP) is 17.5. The van der Waals surface area contributed by atoms with Crippen LogP contribution >= 0.6 is 0 Å². The summed E-state index contributed by atoms with van der Waals surface area (Å²) in [4.78, 5) is 26.2.